The van der Waals surface area contributed by atoms with E-state index in [9.17, 15) is 13.2 Å². The van der Waals surface area contributed by atoms with Gasteiger partial charge < -0.3 is 14.2 Å². The van der Waals surface area contributed by atoms with Crippen LogP contribution in [0, 0.1) is 11.3 Å². The van der Waals surface area contributed by atoms with Crippen molar-refractivity contribution in [2.75, 3.05) is 21.3 Å². The van der Waals surface area contributed by atoms with E-state index in [1.807, 2.05) is 0 Å². The molecule has 18 heavy (non-hydrogen) atoms. The van der Waals surface area contributed by atoms with Crippen molar-refractivity contribution in [1.82, 2.24) is 0 Å². The predicted octanol–water partition coefficient (Wildman–Crippen LogP) is 2.60. The van der Waals surface area contributed by atoms with Crippen LogP contribution in [0.1, 0.15) is 11.1 Å². The van der Waals surface area contributed by atoms with Gasteiger partial charge in [0.25, 0.3) is 0 Å². The first kappa shape index (κ1) is 14.0. The first-order valence-electron chi connectivity index (χ1n) is 4.71. The Hall–Kier alpha value is -2.10. The van der Waals surface area contributed by atoms with Crippen molar-refractivity contribution >= 4 is 0 Å². The van der Waals surface area contributed by atoms with Crippen LogP contribution in [0.4, 0.5) is 13.2 Å². The van der Waals surface area contributed by atoms with Crippen LogP contribution in [-0.2, 0) is 6.18 Å². The molecular weight excluding hydrogens is 251 g/mol. The maximum atomic E-state index is 12.9. The van der Waals surface area contributed by atoms with Gasteiger partial charge >= 0.3 is 6.18 Å². The van der Waals surface area contributed by atoms with E-state index in [0.717, 1.165) is 20.3 Å². The monoisotopic (exact) mass is 261 g/mol. The summed E-state index contributed by atoms with van der Waals surface area (Å²) in [7, 11) is 3.38. The van der Waals surface area contributed by atoms with E-state index in [2.05, 4.69) is 9.47 Å². The predicted molar refractivity (Wildman–Crippen MR) is 55.8 cm³/mol. The number of ether oxygens (including phenoxy) is 3. The van der Waals surface area contributed by atoms with Gasteiger partial charge in [0.1, 0.15) is 28.7 Å². The SMILES string of the molecule is COc1cc(OC)c(C(F)(F)F)c(OC)c1C#N. The van der Waals surface area contributed by atoms with Crippen molar-refractivity contribution in [2.45, 2.75) is 6.18 Å². The first-order valence-corrected chi connectivity index (χ1v) is 4.71. The molecule has 0 amide bonds. The Morgan fingerprint density at radius 3 is 1.94 bits per heavy atom. The number of alkyl halides is 3. The number of hydrogen-bond donors (Lipinski definition) is 0. The molecule has 1 aromatic rings. The van der Waals surface area contributed by atoms with Crippen molar-refractivity contribution in [1.29, 1.82) is 5.26 Å². The largest absolute Gasteiger partial charge is 0.496 e. The molecule has 0 unspecified atom stereocenters. The Morgan fingerprint density at radius 2 is 1.61 bits per heavy atom. The van der Waals surface area contributed by atoms with E-state index in [4.69, 9.17) is 10.00 Å². The maximum absolute atomic E-state index is 12.9. The summed E-state index contributed by atoms with van der Waals surface area (Å²) in [4.78, 5) is 0. The Bertz CT molecular complexity index is 492. The molecule has 1 aromatic carbocycles. The summed E-state index contributed by atoms with van der Waals surface area (Å²) in [5, 5.41) is 8.90. The number of nitrogens with zero attached hydrogens (tertiary/aromatic N) is 1. The third-order valence-corrected chi connectivity index (χ3v) is 2.25. The van der Waals surface area contributed by atoms with Crippen molar-refractivity contribution in [2.24, 2.45) is 0 Å². The molecule has 0 aliphatic rings. The van der Waals surface area contributed by atoms with Crippen LogP contribution >= 0.6 is 0 Å². The van der Waals surface area contributed by atoms with Gasteiger partial charge in [0, 0.05) is 6.07 Å². The summed E-state index contributed by atoms with van der Waals surface area (Å²) in [6.45, 7) is 0. The lowest BCUT2D eigenvalue weighted by molar-refractivity contribution is -0.140. The molecule has 0 heterocycles. The molecular formula is C11H10F3NO3. The fourth-order valence-electron chi connectivity index (χ4n) is 1.51. The van der Waals surface area contributed by atoms with Crippen LogP contribution in [0.25, 0.3) is 0 Å². The highest BCUT2D eigenvalue weighted by atomic mass is 19.4. The van der Waals surface area contributed by atoms with Gasteiger partial charge in [0.2, 0.25) is 0 Å². The number of nitriles is 1. The van der Waals surface area contributed by atoms with Crippen LogP contribution < -0.4 is 14.2 Å². The van der Waals surface area contributed by atoms with Crippen LogP contribution in [0.15, 0.2) is 6.07 Å². The van der Waals surface area contributed by atoms with E-state index in [0.29, 0.717) is 0 Å². The smallest absolute Gasteiger partial charge is 0.423 e. The van der Waals surface area contributed by atoms with Crippen LogP contribution in [-0.4, -0.2) is 21.3 Å². The van der Waals surface area contributed by atoms with Gasteiger partial charge in [-0.25, -0.2) is 0 Å². The third-order valence-electron chi connectivity index (χ3n) is 2.25. The average Bonchev–Trinajstić information content (AvgIpc) is 2.34. The van der Waals surface area contributed by atoms with Gasteiger partial charge in [-0.15, -0.1) is 0 Å². The van der Waals surface area contributed by atoms with Crippen LogP contribution in [0.3, 0.4) is 0 Å². The van der Waals surface area contributed by atoms with Crippen molar-refractivity contribution < 1.29 is 27.4 Å². The fraction of sp³-hybridized carbons (Fsp3) is 0.364. The molecule has 7 heteroatoms. The molecule has 0 saturated carbocycles. The summed E-state index contributed by atoms with van der Waals surface area (Å²) in [6.07, 6.45) is -4.70. The van der Waals surface area contributed by atoms with Gasteiger partial charge in [-0.2, -0.15) is 18.4 Å². The summed E-state index contributed by atoms with van der Waals surface area (Å²) in [5.74, 6) is -1.12. The van der Waals surface area contributed by atoms with E-state index in [1.54, 1.807) is 6.07 Å². The van der Waals surface area contributed by atoms with Crippen molar-refractivity contribution in [3.05, 3.63) is 17.2 Å². The van der Waals surface area contributed by atoms with Crippen molar-refractivity contribution in [3.8, 4) is 23.3 Å². The highest BCUT2D eigenvalue weighted by molar-refractivity contribution is 5.63. The summed E-state index contributed by atoms with van der Waals surface area (Å²) in [6, 6.07) is 2.63. The standard InChI is InChI=1S/C11H10F3NO3/c1-16-7-4-8(17-2)9(11(12,13)14)10(18-3)6(7)5-15/h4H,1-3H3. The molecule has 0 saturated heterocycles. The maximum Gasteiger partial charge on any atom is 0.423 e. The molecule has 1 rings (SSSR count). The molecule has 0 atom stereocenters. The second-order valence-corrected chi connectivity index (χ2v) is 3.17. The number of benzene rings is 1. The Kier molecular flexibility index (Phi) is 3.91. The highest BCUT2D eigenvalue weighted by Gasteiger charge is 2.40. The van der Waals surface area contributed by atoms with Crippen LogP contribution in [0.5, 0.6) is 17.2 Å². The van der Waals surface area contributed by atoms with Gasteiger partial charge in [-0.05, 0) is 0 Å². The molecule has 0 bridgehead atoms. The Balaban J connectivity index is 3.74. The molecule has 0 spiro atoms. The number of hydrogen-bond acceptors (Lipinski definition) is 4. The molecule has 0 aliphatic carbocycles. The normalized spacial score (nSPS) is 10.7. The summed E-state index contributed by atoms with van der Waals surface area (Å²) >= 11 is 0. The zero-order valence-corrected chi connectivity index (χ0v) is 9.88. The molecule has 0 radical (unpaired) electrons. The molecule has 4 nitrogen and oxygen atoms in total. The zero-order chi connectivity index (χ0) is 13.9. The van der Waals surface area contributed by atoms with Gasteiger partial charge in [0.05, 0.1) is 21.3 Å². The topological polar surface area (TPSA) is 51.5 Å². The lowest BCUT2D eigenvalue weighted by atomic mass is 10.1. The van der Waals surface area contributed by atoms with E-state index in [-0.39, 0.29) is 11.3 Å². The summed E-state index contributed by atoms with van der Waals surface area (Å²) < 4.78 is 53.0. The Labute approximate surface area is 101 Å². The lowest BCUT2D eigenvalue weighted by Crippen LogP contribution is -2.11. The second kappa shape index (κ2) is 5.04. The number of halogens is 3. The lowest BCUT2D eigenvalue weighted by Gasteiger charge is -2.18. The quantitative estimate of drug-likeness (QED) is 0.839. The molecule has 98 valence electrons. The fourth-order valence-corrected chi connectivity index (χ4v) is 1.51. The number of rotatable bonds is 3. The van der Waals surface area contributed by atoms with Crippen LogP contribution in [0.2, 0.25) is 0 Å². The summed E-state index contributed by atoms with van der Waals surface area (Å²) in [5.41, 5.74) is -1.46. The minimum absolute atomic E-state index is 0.0424. The van der Waals surface area contributed by atoms with E-state index < -0.39 is 23.2 Å². The first-order chi connectivity index (χ1) is 8.40. The minimum atomic E-state index is -4.70. The third kappa shape index (κ3) is 2.27. The minimum Gasteiger partial charge on any atom is -0.496 e. The highest BCUT2D eigenvalue weighted by Crippen LogP contribution is 2.47. The molecule has 0 aromatic heterocycles. The zero-order valence-electron chi connectivity index (χ0n) is 9.88. The molecule has 0 N–H and O–H groups in total. The number of methoxy groups -OCH3 is 3. The second-order valence-electron chi connectivity index (χ2n) is 3.17. The molecule has 0 aliphatic heterocycles. The van der Waals surface area contributed by atoms with Crippen molar-refractivity contribution in [3.63, 3.8) is 0 Å². The van der Waals surface area contributed by atoms with E-state index >= 15 is 0 Å². The average molecular weight is 261 g/mol. The molecule has 0 fully saturated rings. The Morgan fingerprint density at radius 1 is 1.06 bits per heavy atom. The van der Waals surface area contributed by atoms with Gasteiger partial charge in [-0.1, -0.05) is 0 Å². The van der Waals surface area contributed by atoms with Gasteiger partial charge in [0.15, 0.2) is 5.75 Å². The van der Waals surface area contributed by atoms with E-state index in [1.165, 1.54) is 7.11 Å². The van der Waals surface area contributed by atoms with Gasteiger partial charge in [-0.3, -0.25) is 0 Å².